The lowest BCUT2D eigenvalue weighted by Crippen LogP contribution is -2.39. The fraction of sp³-hybridized carbons (Fsp3) is 0.412. The molecule has 1 fully saturated rings. The predicted molar refractivity (Wildman–Crippen MR) is 89.7 cm³/mol. The number of carbonyl (C=O) groups is 2. The average molecular weight is 327 g/mol. The van der Waals surface area contributed by atoms with Crippen molar-refractivity contribution in [2.45, 2.75) is 32.6 Å². The lowest BCUT2D eigenvalue weighted by atomic mass is 9.93. The van der Waals surface area contributed by atoms with Crippen LogP contribution >= 0.6 is 0 Å². The second-order valence-corrected chi connectivity index (χ2v) is 6.11. The highest BCUT2D eigenvalue weighted by atomic mass is 16.2. The Morgan fingerprint density at radius 1 is 1.42 bits per heavy atom. The highest BCUT2D eigenvalue weighted by Crippen LogP contribution is 2.31. The van der Waals surface area contributed by atoms with E-state index >= 15 is 0 Å². The lowest BCUT2D eigenvalue weighted by Gasteiger charge is -2.33. The van der Waals surface area contributed by atoms with Crippen molar-refractivity contribution in [2.75, 3.05) is 18.4 Å². The van der Waals surface area contributed by atoms with Gasteiger partial charge in [0.25, 0.3) is 5.91 Å². The minimum absolute atomic E-state index is 0.00546. The number of pyridine rings is 1. The van der Waals surface area contributed by atoms with Gasteiger partial charge in [0, 0.05) is 37.8 Å². The van der Waals surface area contributed by atoms with Crippen LogP contribution in [0.1, 0.15) is 47.4 Å². The van der Waals surface area contributed by atoms with Gasteiger partial charge in [0.15, 0.2) is 0 Å². The molecule has 2 N–H and O–H groups in total. The monoisotopic (exact) mass is 327 g/mol. The summed E-state index contributed by atoms with van der Waals surface area (Å²) in [6.07, 6.45) is 5.16. The molecule has 1 aliphatic heterocycles. The van der Waals surface area contributed by atoms with E-state index in [4.69, 9.17) is 0 Å². The quantitative estimate of drug-likeness (QED) is 0.903. The van der Waals surface area contributed by atoms with Crippen LogP contribution < -0.4 is 5.32 Å². The molecule has 3 rings (SSSR count). The van der Waals surface area contributed by atoms with E-state index in [0.29, 0.717) is 17.8 Å². The van der Waals surface area contributed by atoms with Gasteiger partial charge in [-0.15, -0.1) is 0 Å². The van der Waals surface area contributed by atoms with Gasteiger partial charge in [-0.1, -0.05) is 0 Å². The molecule has 2 aromatic heterocycles. The Labute approximate surface area is 140 Å². The zero-order valence-corrected chi connectivity index (χ0v) is 13.9. The second-order valence-electron chi connectivity index (χ2n) is 6.11. The summed E-state index contributed by atoms with van der Waals surface area (Å²) < 4.78 is 0. The molecule has 2 amide bonds. The van der Waals surface area contributed by atoms with Crippen LogP contribution in [0.4, 0.5) is 5.69 Å². The van der Waals surface area contributed by atoms with Crippen molar-refractivity contribution in [3.63, 3.8) is 0 Å². The number of anilines is 1. The molecular formula is C17H21N5O2. The minimum atomic E-state index is -0.132. The number of piperidine rings is 1. The van der Waals surface area contributed by atoms with Crippen molar-refractivity contribution in [3.05, 3.63) is 41.5 Å². The molecule has 7 heteroatoms. The molecule has 1 atom stereocenters. The average Bonchev–Trinajstić information content (AvgIpc) is 3.02. The number of likely N-dealkylation sites (tertiary alicyclic amines) is 1. The van der Waals surface area contributed by atoms with Crippen molar-refractivity contribution in [1.29, 1.82) is 0 Å². The summed E-state index contributed by atoms with van der Waals surface area (Å²) in [5.41, 5.74) is 2.96. The smallest absolute Gasteiger partial charge is 0.255 e. The van der Waals surface area contributed by atoms with E-state index < -0.39 is 0 Å². The molecule has 3 heterocycles. The SMILES string of the molecule is CC(=O)Nc1cn[nH]c1C1CCCN(C(=O)c2cccnc2C)C1. The standard InChI is InChI=1S/C17H21N5O2/c1-11-14(6-3-7-18-11)17(24)22-8-4-5-13(10-22)16-15(9-19-21-16)20-12(2)23/h3,6-7,9,13H,4-5,8,10H2,1-2H3,(H,19,21)(H,20,23). The van der Waals surface area contributed by atoms with Gasteiger partial charge in [-0.05, 0) is 31.9 Å². The van der Waals surface area contributed by atoms with Crippen molar-refractivity contribution in [1.82, 2.24) is 20.1 Å². The van der Waals surface area contributed by atoms with Crippen LogP contribution in [0.25, 0.3) is 0 Å². The number of hydrogen-bond acceptors (Lipinski definition) is 4. The number of hydrogen-bond donors (Lipinski definition) is 2. The second kappa shape index (κ2) is 6.82. The van der Waals surface area contributed by atoms with Gasteiger partial charge in [0.1, 0.15) is 0 Å². The summed E-state index contributed by atoms with van der Waals surface area (Å²) in [5.74, 6) is 0.00213. The molecule has 2 aromatic rings. The van der Waals surface area contributed by atoms with Crippen molar-refractivity contribution < 1.29 is 9.59 Å². The minimum Gasteiger partial charge on any atom is -0.338 e. The van der Waals surface area contributed by atoms with E-state index in [9.17, 15) is 9.59 Å². The summed E-state index contributed by atoms with van der Waals surface area (Å²) in [6.45, 7) is 4.65. The van der Waals surface area contributed by atoms with Crippen molar-refractivity contribution >= 4 is 17.5 Å². The molecule has 24 heavy (non-hydrogen) atoms. The Kier molecular flexibility index (Phi) is 4.59. The van der Waals surface area contributed by atoms with Gasteiger partial charge in [-0.25, -0.2) is 0 Å². The van der Waals surface area contributed by atoms with Crippen molar-refractivity contribution in [2.24, 2.45) is 0 Å². The van der Waals surface area contributed by atoms with Gasteiger partial charge in [0.05, 0.1) is 23.1 Å². The van der Waals surface area contributed by atoms with E-state index in [2.05, 4.69) is 20.5 Å². The summed E-state index contributed by atoms with van der Waals surface area (Å²) in [5, 5.41) is 9.81. The van der Waals surface area contributed by atoms with Crippen LogP contribution in [0, 0.1) is 6.92 Å². The maximum atomic E-state index is 12.8. The zero-order valence-electron chi connectivity index (χ0n) is 13.9. The molecule has 0 saturated carbocycles. The fourth-order valence-corrected chi connectivity index (χ4v) is 3.17. The first-order chi connectivity index (χ1) is 11.6. The van der Waals surface area contributed by atoms with E-state index in [1.807, 2.05) is 17.9 Å². The lowest BCUT2D eigenvalue weighted by molar-refractivity contribution is -0.114. The molecule has 0 aliphatic carbocycles. The predicted octanol–water partition coefficient (Wildman–Crippen LogP) is 2.09. The number of carbonyl (C=O) groups excluding carboxylic acids is 2. The number of aryl methyl sites for hydroxylation is 1. The molecule has 126 valence electrons. The van der Waals surface area contributed by atoms with Gasteiger partial charge in [-0.2, -0.15) is 5.10 Å². The fourth-order valence-electron chi connectivity index (χ4n) is 3.17. The summed E-state index contributed by atoms with van der Waals surface area (Å²) in [4.78, 5) is 30.2. The molecule has 0 bridgehead atoms. The molecule has 1 unspecified atom stereocenters. The molecule has 0 aromatic carbocycles. The van der Waals surface area contributed by atoms with Gasteiger partial charge in [0.2, 0.25) is 5.91 Å². The van der Waals surface area contributed by atoms with Gasteiger partial charge >= 0.3 is 0 Å². The van der Waals surface area contributed by atoms with Gasteiger partial charge in [-0.3, -0.25) is 19.7 Å². The van der Waals surface area contributed by atoms with E-state index in [-0.39, 0.29) is 17.7 Å². The summed E-state index contributed by atoms with van der Waals surface area (Å²) >= 11 is 0. The number of nitrogens with zero attached hydrogens (tertiary/aromatic N) is 3. The maximum absolute atomic E-state index is 12.8. The number of aromatic nitrogens is 3. The molecule has 0 radical (unpaired) electrons. The molecular weight excluding hydrogens is 306 g/mol. The Morgan fingerprint density at radius 3 is 3.00 bits per heavy atom. The van der Waals surface area contributed by atoms with Crippen LogP contribution in [0.3, 0.4) is 0 Å². The first-order valence-electron chi connectivity index (χ1n) is 8.08. The van der Waals surface area contributed by atoms with Crippen LogP contribution in [0.5, 0.6) is 0 Å². The Bertz CT molecular complexity index is 755. The molecule has 1 saturated heterocycles. The third-order valence-corrected chi connectivity index (χ3v) is 4.33. The topological polar surface area (TPSA) is 91.0 Å². The van der Waals surface area contributed by atoms with Gasteiger partial charge < -0.3 is 10.2 Å². The van der Waals surface area contributed by atoms with E-state index in [1.54, 1.807) is 18.5 Å². The first kappa shape index (κ1) is 16.2. The third kappa shape index (κ3) is 3.29. The molecule has 0 spiro atoms. The number of amides is 2. The van der Waals surface area contributed by atoms with Crippen LogP contribution in [0.15, 0.2) is 24.5 Å². The summed E-state index contributed by atoms with van der Waals surface area (Å²) in [7, 11) is 0. The third-order valence-electron chi connectivity index (χ3n) is 4.33. The first-order valence-corrected chi connectivity index (χ1v) is 8.08. The van der Waals surface area contributed by atoms with E-state index in [1.165, 1.54) is 6.92 Å². The van der Waals surface area contributed by atoms with Crippen LogP contribution in [-0.2, 0) is 4.79 Å². The normalized spacial score (nSPS) is 17.6. The highest BCUT2D eigenvalue weighted by molar-refractivity contribution is 5.95. The Morgan fingerprint density at radius 2 is 2.25 bits per heavy atom. The van der Waals surface area contributed by atoms with Crippen LogP contribution in [-0.4, -0.2) is 45.0 Å². The summed E-state index contributed by atoms with van der Waals surface area (Å²) in [6, 6.07) is 3.60. The van der Waals surface area contributed by atoms with E-state index in [0.717, 1.165) is 30.8 Å². The number of H-pyrrole nitrogens is 1. The number of rotatable bonds is 3. The largest absolute Gasteiger partial charge is 0.338 e. The molecule has 1 aliphatic rings. The van der Waals surface area contributed by atoms with Crippen LogP contribution in [0.2, 0.25) is 0 Å². The Balaban J connectivity index is 1.78. The number of nitrogens with one attached hydrogen (secondary N) is 2. The Hall–Kier alpha value is -2.70. The zero-order chi connectivity index (χ0) is 17.1. The molecule has 7 nitrogen and oxygen atoms in total. The highest BCUT2D eigenvalue weighted by Gasteiger charge is 2.28. The maximum Gasteiger partial charge on any atom is 0.255 e. The van der Waals surface area contributed by atoms with Crippen molar-refractivity contribution in [3.8, 4) is 0 Å². The number of aromatic amines is 1.